The van der Waals surface area contributed by atoms with Gasteiger partial charge in [-0.05, 0) is 37.3 Å². The van der Waals surface area contributed by atoms with Crippen molar-refractivity contribution in [3.05, 3.63) is 48.4 Å². The predicted molar refractivity (Wildman–Crippen MR) is 115 cm³/mol. The van der Waals surface area contributed by atoms with Gasteiger partial charge in [0.25, 0.3) is 0 Å². The molecule has 9 heteroatoms. The molecule has 1 aromatic carbocycles. The third-order valence-electron chi connectivity index (χ3n) is 4.43. The number of ether oxygens (including phenoxy) is 5. The largest absolute Gasteiger partial charge is 0.488 e. The summed E-state index contributed by atoms with van der Waals surface area (Å²) < 4.78 is 28.8. The van der Waals surface area contributed by atoms with Gasteiger partial charge in [-0.2, -0.15) is 0 Å². The molecule has 0 unspecified atom stereocenters. The molecule has 0 spiro atoms. The summed E-state index contributed by atoms with van der Waals surface area (Å²) in [6.07, 6.45) is 1.68. The van der Waals surface area contributed by atoms with E-state index in [1.54, 1.807) is 33.6 Å². The molecular formula is C22H28N4O5. The van der Waals surface area contributed by atoms with E-state index >= 15 is 0 Å². The van der Waals surface area contributed by atoms with Crippen LogP contribution in [0, 0.1) is 0 Å². The number of hydrogen-bond acceptors (Lipinski definition) is 8. The van der Waals surface area contributed by atoms with Gasteiger partial charge in [-0.25, -0.2) is 4.98 Å². The van der Waals surface area contributed by atoms with Crippen LogP contribution in [-0.2, 0) is 20.8 Å². The predicted octanol–water partition coefficient (Wildman–Crippen LogP) is 2.91. The van der Waals surface area contributed by atoms with Crippen molar-refractivity contribution >= 4 is 0 Å². The maximum atomic E-state index is 5.84. The molecule has 3 aromatic rings. The van der Waals surface area contributed by atoms with Crippen LogP contribution >= 0.6 is 0 Å². The molecule has 0 fully saturated rings. The molecule has 1 atom stereocenters. The summed E-state index contributed by atoms with van der Waals surface area (Å²) in [6, 6.07) is 11.4. The van der Waals surface area contributed by atoms with Crippen LogP contribution in [0.2, 0.25) is 0 Å². The Bertz CT molecular complexity index is 928. The second-order valence-electron chi connectivity index (χ2n) is 6.79. The minimum Gasteiger partial charge on any atom is -0.488 e. The molecule has 2 aromatic heterocycles. The first-order valence-electron chi connectivity index (χ1n) is 9.93. The number of hydrogen-bond donors (Lipinski definition) is 0. The summed E-state index contributed by atoms with van der Waals surface area (Å²) in [5, 5.41) is 8.75. The highest BCUT2D eigenvalue weighted by Gasteiger charge is 2.17. The average molecular weight is 428 g/mol. The van der Waals surface area contributed by atoms with Gasteiger partial charge in [0.1, 0.15) is 18.5 Å². The van der Waals surface area contributed by atoms with Gasteiger partial charge >= 0.3 is 0 Å². The highest BCUT2D eigenvalue weighted by molar-refractivity contribution is 5.59. The van der Waals surface area contributed by atoms with Crippen molar-refractivity contribution in [1.82, 2.24) is 19.7 Å². The third kappa shape index (κ3) is 6.00. The van der Waals surface area contributed by atoms with Gasteiger partial charge in [0.05, 0.1) is 38.8 Å². The third-order valence-corrected chi connectivity index (χ3v) is 4.43. The Balaban J connectivity index is 1.89. The van der Waals surface area contributed by atoms with E-state index in [4.69, 9.17) is 23.7 Å². The summed E-state index contributed by atoms with van der Waals surface area (Å²) in [7, 11) is 4.87. The Morgan fingerprint density at radius 3 is 2.39 bits per heavy atom. The summed E-state index contributed by atoms with van der Waals surface area (Å²) >= 11 is 0. The summed E-state index contributed by atoms with van der Waals surface area (Å²) in [5.41, 5.74) is 1.69. The normalized spacial score (nSPS) is 12.0. The molecule has 9 nitrogen and oxygen atoms in total. The van der Waals surface area contributed by atoms with Gasteiger partial charge < -0.3 is 23.7 Å². The smallest absolute Gasteiger partial charge is 0.213 e. The molecule has 3 rings (SSSR count). The van der Waals surface area contributed by atoms with Gasteiger partial charge in [-0.15, -0.1) is 10.2 Å². The second-order valence-corrected chi connectivity index (χ2v) is 6.79. The van der Waals surface area contributed by atoms with Crippen LogP contribution in [0.5, 0.6) is 11.6 Å². The number of aromatic nitrogens is 4. The van der Waals surface area contributed by atoms with E-state index in [9.17, 15) is 0 Å². The van der Waals surface area contributed by atoms with E-state index in [-0.39, 0.29) is 12.7 Å². The summed E-state index contributed by atoms with van der Waals surface area (Å²) in [5.74, 6) is 2.62. The maximum absolute atomic E-state index is 5.84. The first kappa shape index (κ1) is 22.7. The van der Waals surface area contributed by atoms with Crippen LogP contribution in [0.3, 0.4) is 0 Å². The number of pyridine rings is 1. The van der Waals surface area contributed by atoms with Crippen LogP contribution in [0.15, 0.2) is 42.6 Å². The summed E-state index contributed by atoms with van der Waals surface area (Å²) in [4.78, 5) is 4.31. The van der Waals surface area contributed by atoms with Gasteiger partial charge in [-0.3, -0.25) is 4.57 Å². The minimum absolute atomic E-state index is 0.0410. The quantitative estimate of drug-likeness (QED) is 0.407. The Labute approximate surface area is 181 Å². The molecule has 0 N–H and O–H groups in total. The van der Waals surface area contributed by atoms with E-state index in [0.29, 0.717) is 37.3 Å². The number of benzene rings is 1. The van der Waals surface area contributed by atoms with Crippen molar-refractivity contribution in [2.24, 2.45) is 0 Å². The lowest BCUT2D eigenvalue weighted by Gasteiger charge is -2.14. The fourth-order valence-electron chi connectivity index (χ4n) is 2.98. The minimum atomic E-state index is -0.0410. The number of nitrogens with zero attached hydrogens (tertiary/aromatic N) is 4. The van der Waals surface area contributed by atoms with Crippen molar-refractivity contribution in [1.29, 1.82) is 0 Å². The molecule has 0 aliphatic rings. The van der Waals surface area contributed by atoms with E-state index in [2.05, 4.69) is 15.2 Å². The SMILES string of the molecule is COCCOCc1nnc(-c2ccc(O[C@@H](C)COC)cc2)n1-c1ccc(OC)nc1. The van der Waals surface area contributed by atoms with Crippen LogP contribution in [0.25, 0.3) is 17.1 Å². The average Bonchev–Trinajstić information content (AvgIpc) is 3.21. The fourth-order valence-corrected chi connectivity index (χ4v) is 2.98. The molecule has 0 bridgehead atoms. The molecule has 31 heavy (non-hydrogen) atoms. The molecule has 0 saturated carbocycles. The lowest BCUT2D eigenvalue weighted by Crippen LogP contribution is -2.17. The zero-order valence-corrected chi connectivity index (χ0v) is 18.3. The molecule has 2 heterocycles. The molecule has 0 amide bonds. The first-order valence-corrected chi connectivity index (χ1v) is 9.93. The monoisotopic (exact) mass is 428 g/mol. The summed E-state index contributed by atoms with van der Waals surface area (Å²) in [6.45, 7) is 3.74. The van der Waals surface area contributed by atoms with E-state index in [0.717, 1.165) is 17.0 Å². The van der Waals surface area contributed by atoms with Crippen LogP contribution in [0.1, 0.15) is 12.7 Å². The Kier molecular flexibility index (Phi) is 8.34. The molecule has 0 saturated heterocycles. The van der Waals surface area contributed by atoms with Gasteiger partial charge in [0.2, 0.25) is 5.88 Å². The van der Waals surface area contributed by atoms with E-state index in [1.807, 2.05) is 41.8 Å². The zero-order chi connectivity index (χ0) is 22.1. The number of methoxy groups -OCH3 is 3. The fraction of sp³-hybridized carbons (Fsp3) is 0.409. The Morgan fingerprint density at radius 2 is 1.74 bits per heavy atom. The van der Waals surface area contributed by atoms with Gasteiger partial charge in [0.15, 0.2) is 11.6 Å². The van der Waals surface area contributed by atoms with Crippen molar-refractivity contribution in [3.63, 3.8) is 0 Å². The maximum Gasteiger partial charge on any atom is 0.213 e. The molecule has 166 valence electrons. The standard InChI is InChI=1S/C22H28N4O5/c1-16(14-28-3)31-19-8-5-17(6-9-19)22-25-24-20(15-30-12-11-27-2)26(22)18-7-10-21(29-4)23-13-18/h5-10,13,16H,11-12,14-15H2,1-4H3/t16-/m0/s1. The highest BCUT2D eigenvalue weighted by Crippen LogP contribution is 2.26. The van der Waals surface area contributed by atoms with Crippen LogP contribution < -0.4 is 9.47 Å². The van der Waals surface area contributed by atoms with E-state index < -0.39 is 0 Å². The second kappa shape index (κ2) is 11.4. The van der Waals surface area contributed by atoms with Crippen molar-refractivity contribution in [3.8, 4) is 28.7 Å². The number of rotatable bonds is 12. The van der Waals surface area contributed by atoms with Gasteiger partial charge in [-0.1, -0.05) is 0 Å². The molecular weight excluding hydrogens is 400 g/mol. The highest BCUT2D eigenvalue weighted by atomic mass is 16.5. The van der Waals surface area contributed by atoms with Gasteiger partial charge in [0, 0.05) is 25.8 Å². The van der Waals surface area contributed by atoms with E-state index in [1.165, 1.54) is 0 Å². The lowest BCUT2D eigenvalue weighted by molar-refractivity contribution is 0.0580. The Hall–Kier alpha value is -3.01. The topological polar surface area (TPSA) is 89.8 Å². The van der Waals surface area contributed by atoms with Crippen molar-refractivity contribution in [2.75, 3.05) is 41.2 Å². The van der Waals surface area contributed by atoms with Crippen molar-refractivity contribution < 1.29 is 23.7 Å². The molecule has 0 radical (unpaired) electrons. The molecule has 0 aliphatic carbocycles. The van der Waals surface area contributed by atoms with Crippen LogP contribution in [-0.4, -0.2) is 67.0 Å². The Morgan fingerprint density at radius 1 is 0.935 bits per heavy atom. The van der Waals surface area contributed by atoms with Crippen molar-refractivity contribution in [2.45, 2.75) is 19.6 Å². The zero-order valence-electron chi connectivity index (χ0n) is 18.3. The lowest BCUT2D eigenvalue weighted by atomic mass is 10.2. The first-order chi connectivity index (χ1) is 15.2. The molecule has 0 aliphatic heterocycles. The van der Waals surface area contributed by atoms with Crippen LogP contribution in [0.4, 0.5) is 0 Å².